The number of aliphatic hydroxyl groups excluding tert-OH is 1. The SMILES string of the molecule is [CH2][C@H]1O[C@@H]2SC(N(CC)C(=O)OC(C)(C)C)=N[C@@H]2[C@H](O)[C@@H]1OC(=O)c1ccccc1. The van der Waals surface area contributed by atoms with Gasteiger partial charge in [0.1, 0.15) is 23.2 Å². The summed E-state index contributed by atoms with van der Waals surface area (Å²) in [6.45, 7) is 11.4. The number of hydrogen-bond acceptors (Lipinski definition) is 8. The molecule has 1 radical (unpaired) electrons. The summed E-state index contributed by atoms with van der Waals surface area (Å²) in [6, 6.07) is 7.79. The van der Waals surface area contributed by atoms with Crippen LogP contribution in [-0.4, -0.2) is 69.2 Å². The standard InChI is InChI=1S/C21H27N2O6S/c1-6-23(20(26)29-21(3,4)5)19-22-14-15(24)16(12(2)27-18(14)30-19)28-17(25)13-10-8-7-9-11-13/h7-12,14-16,18,24H,2,6H2,1,3-5H3/t12-,14-,15+,16-,18-/m1/s1. The first-order valence-corrected chi connectivity index (χ1v) is 10.7. The van der Waals surface area contributed by atoms with Crippen molar-refractivity contribution >= 4 is 29.0 Å². The van der Waals surface area contributed by atoms with Crippen LogP contribution in [0.2, 0.25) is 0 Å². The zero-order valence-corrected chi connectivity index (χ0v) is 18.3. The van der Waals surface area contributed by atoms with E-state index in [-0.39, 0.29) is 0 Å². The van der Waals surface area contributed by atoms with Crippen molar-refractivity contribution < 1.29 is 28.9 Å². The average molecular weight is 436 g/mol. The van der Waals surface area contributed by atoms with Gasteiger partial charge in [0.2, 0.25) is 0 Å². The number of amidine groups is 1. The first-order chi connectivity index (χ1) is 14.1. The number of carbonyl (C=O) groups is 2. The van der Waals surface area contributed by atoms with Crippen molar-refractivity contribution in [3.8, 4) is 0 Å². The van der Waals surface area contributed by atoms with Gasteiger partial charge in [0.25, 0.3) is 0 Å². The minimum Gasteiger partial charge on any atom is -0.453 e. The minimum atomic E-state index is -1.12. The second kappa shape index (κ2) is 8.95. The molecule has 0 aromatic heterocycles. The van der Waals surface area contributed by atoms with Crippen LogP contribution < -0.4 is 0 Å². The molecule has 1 aromatic carbocycles. The van der Waals surface area contributed by atoms with Gasteiger partial charge in [-0.1, -0.05) is 30.0 Å². The number of esters is 1. The summed E-state index contributed by atoms with van der Waals surface area (Å²) in [6.07, 6.45) is -3.42. The molecular weight excluding hydrogens is 408 g/mol. The molecule has 1 amide bonds. The molecule has 2 aliphatic heterocycles. The van der Waals surface area contributed by atoms with Gasteiger partial charge < -0.3 is 19.3 Å². The maximum Gasteiger partial charge on any atom is 0.416 e. The van der Waals surface area contributed by atoms with Crippen LogP contribution in [-0.2, 0) is 14.2 Å². The number of fused-ring (bicyclic) bond motifs is 1. The average Bonchev–Trinajstić information content (AvgIpc) is 3.08. The van der Waals surface area contributed by atoms with E-state index in [1.807, 2.05) is 0 Å². The van der Waals surface area contributed by atoms with Crippen LogP contribution in [0.4, 0.5) is 4.79 Å². The van der Waals surface area contributed by atoms with Crippen LogP contribution in [0, 0.1) is 6.92 Å². The molecule has 163 valence electrons. The Labute approximate surface area is 180 Å². The molecule has 3 rings (SSSR count). The maximum absolute atomic E-state index is 12.5. The molecule has 0 spiro atoms. The van der Waals surface area contributed by atoms with Crippen LogP contribution in [0.5, 0.6) is 0 Å². The molecule has 1 aromatic rings. The number of rotatable bonds is 3. The van der Waals surface area contributed by atoms with Crippen LogP contribution in [0.25, 0.3) is 0 Å². The molecule has 0 unspecified atom stereocenters. The minimum absolute atomic E-state index is 0.344. The fourth-order valence-electron chi connectivity index (χ4n) is 3.11. The number of carbonyl (C=O) groups excluding carboxylic acids is 2. The topological polar surface area (TPSA) is 97.7 Å². The van der Waals surface area contributed by atoms with E-state index in [0.717, 1.165) is 0 Å². The molecular formula is C21H27N2O6S. The lowest BCUT2D eigenvalue weighted by molar-refractivity contribution is -0.140. The Morgan fingerprint density at radius 2 is 1.97 bits per heavy atom. The van der Waals surface area contributed by atoms with Gasteiger partial charge >= 0.3 is 12.1 Å². The molecule has 9 heteroatoms. The number of aliphatic hydroxyl groups is 1. The number of hydrogen-bond donors (Lipinski definition) is 1. The Bertz CT molecular complexity index is 809. The number of thioether (sulfide) groups is 1. The third kappa shape index (κ3) is 4.96. The highest BCUT2D eigenvalue weighted by molar-refractivity contribution is 8.14. The first kappa shape index (κ1) is 22.6. The lowest BCUT2D eigenvalue weighted by Gasteiger charge is -2.38. The predicted octanol–water partition coefficient (Wildman–Crippen LogP) is 2.86. The fraction of sp³-hybridized carbons (Fsp3) is 0.524. The maximum atomic E-state index is 12.5. The number of ether oxygens (including phenoxy) is 3. The summed E-state index contributed by atoms with van der Waals surface area (Å²) in [4.78, 5) is 30.8. The Morgan fingerprint density at radius 1 is 1.30 bits per heavy atom. The summed E-state index contributed by atoms with van der Waals surface area (Å²) in [5, 5.41) is 11.2. The molecule has 2 aliphatic rings. The van der Waals surface area contributed by atoms with Crippen molar-refractivity contribution in [1.29, 1.82) is 0 Å². The third-order valence-corrected chi connectivity index (χ3v) is 5.69. The van der Waals surface area contributed by atoms with E-state index in [0.29, 0.717) is 17.3 Å². The highest BCUT2D eigenvalue weighted by Crippen LogP contribution is 2.38. The van der Waals surface area contributed by atoms with Crippen molar-refractivity contribution in [1.82, 2.24) is 4.90 Å². The third-order valence-electron chi connectivity index (χ3n) is 4.54. The molecule has 0 aliphatic carbocycles. The lowest BCUT2D eigenvalue weighted by atomic mass is 9.99. The Hall–Kier alpha value is -2.10. The second-order valence-corrected chi connectivity index (χ2v) is 9.08. The quantitative estimate of drug-likeness (QED) is 0.729. The molecule has 0 saturated carbocycles. The molecule has 2 heterocycles. The summed E-state index contributed by atoms with van der Waals surface area (Å²) in [5.41, 5.74) is -0.821. The van der Waals surface area contributed by atoms with E-state index in [9.17, 15) is 14.7 Å². The lowest BCUT2D eigenvalue weighted by Crippen LogP contribution is -2.55. The van der Waals surface area contributed by atoms with E-state index < -0.39 is 47.5 Å². The van der Waals surface area contributed by atoms with E-state index >= 15 is 0 Å². The van der Waals surface area contributed by atoms with Crippen molar-refractivity contribution in [2.24, 2.45) is 4.99 Å². The van der Waals surface area contributed by atoms with Gasteiger partial charge in [-0.05, 0) is 46.8 Å². The monoisotopic (exact) mass is 435 g/mol. The molecule has 30 heavy (non-hydrogen) atoms. The number of aliphatic imine (C=N–C) groups is 1. The zero-order chi connectivity index (χ0) is 22.1. The van der Waals surface area contributed by atoms with Gasteiger partial charge in [0, 0.05) is 6.54 Å². The van der Waals surface area contributed by atoms with E-state index in [2.05, 4.69) is 11.9 Å². The fourth-order valence-corrected chi connectivity index (χ4v) is 4.39. The van der Waals surface area contributed by atoms with Crippen LogP contribution in [0.3, 0.4) is 0 Å². The van der Waals surface area contributed by atoms with Gasteiger partial charge in [0.15, 0.2) is 11.3 Å². The Kier molecular flexibility index (Phi) is 6.74. The number of benzene rings is 1. The van der Waals surface area contributed by atoms with Gasteiger partial charge in [-0.25, -0.2) is 9.59 Å². The highest BCUT2D eigenvalue weighted by atomic mass is 32.2. The van der Waals surface area contributed by atoms with Crippen LogP contribution >= 0.6 is 11.8 Å². The zero-order valence-electron chi connectivity index (χ0n) is 17.5. The molecule has 1 saturated heterocycles. The Morgan fingerprint density at radius 3 is 2.57 bits per heavy atom. The highest BCUT2D eigenvalue weighted by Gasteiger charge is 2.50. The molecule has 1 N–H and O–H groups in total. The van der Waals surface area contributed by atoms with E-state index in [1.165, 1.54) is 16.7 Å². The predicted molar refractivity (Wildman–Crippen MR) is 113 cm³/mol. The van der Waals surface area contributed by atoms with Gasteiger partial charge in [-0.2, -0.15) is 0 Å². The molecule has 5 atom stereocenters. The van der Waals surface area contributed by atoms with Crippen LogP contribution in [0.1, 0.15) is 38.1 Å². The van der Waals surface area contributed by atoms with Crippen molar-refractivity contribution in [3.05, 3.63) is 42.8 Å². The number of nitrogens with zero attached hydrogens (tertiary/aromatic N) is 2. The second-order valence-electron chi connectivity index (χ2n) is 8.01. The molecule has 1 fully saturated rings. The largest absolute Gasteiger partial charge is 0.453 e. The first-order valence-electron chi connectivity index (χ1n) is 9.78. The summed E-state index contributed by atoms with van der Waals surface area (Å²) >= 11 is 1.22. The van der Waals surface area contributed by atoms with E-state index in [4.69, 9.17) is 14.2 Å². The van der Waals surface area contributed by atoms with Crippen molar-refractivity contribution in [2.45, 2.75) is 63.1 Å². The molecule has 0 bridgehead atoms. The smallest absolute Gasteiger partial charge is 0.416 e. The Balaban J connectivity index is 1.74. The van der Waals surface area contributed by atoms with Crippen molar-refractivity contribution in [2.75, 3.05) is 6.54 Å². The number of amides is 1. The van der Waals surface area contributed by atoms with Crippen molar-refractivity contribution in [3.63, 3.8) is 0 Å². The van der Waals surface area contributed by atoms with Gasteiger partial charge in [0.05, 0.1) is 11.7 Å². The normalized spacial score (nSPS) is 28.3. The van der Waals surface area contributed by atoms with E-state index in [1.54, 1.807) is 58.0 Å². The summed E-state index contributed by atoms with van der Waals surface area (Å²) < 4.78 is 16.8. The van der Waals surface area contributed by atoms with Crippen LogP contribution in [0.15, 0.2) is 35.3 Å². The summed E-state index contributed by atoms with van der Waals surface area (Å²) in [5.74, 6) is -0.575. The summed E-state index contributed by atoms with van der Waals surface area (Å²) in [7, 11) is 0. The van der Waals surface area contributed by atoms with Gasteiger partial charge in [-0.3, -0.25) is 9.89 Å². The molecule has 8 nitrogen and oxygen atoms in total. The van der Waals surface area contributed by atoms with Gasteiger partial charge in [-0.15, -0.1) is 0 Å².